The lowest BCUT2D eigenvalue weighted by Crippen LogP contribution is -2.01. The SMILES string of the molecule is CCCCCCCCCCCCCCCCCCCCC(c1ccc(O)cc1)c1ccc(O)cc1. The predicted molar refractivity (Wildman–Crippen MR) is 151 cm³/mol. The lowest BCUT2D eigenvalue weighted by atomic mass is 9.86. The van der Waals surface area contributed by atoms with E-state index in [0.29, 0.717) is 17.4 Å². The zero-order valence-corrected chi connectivity index (χ0v) is 22.5. The molecule has 0 atom stereocenters. The van der Waals surface area contributed by atoms with Gasteiger partial charge in [0, 0.05) is 5.92 Å². The van der Waals surface area contributed by atoms with Crippen molar-refractivity contribution in [2.24, 2.45) is 0 Å². The second kappa shape index (κ2) is 19.3. The highest BCUT2D eigenvalue weighted by molar-refractivity contribution is 5.37. The van der Waals surface area contributed by atoms with Gasteiger partial charge in [0.05, 0.1) is 0 Å². The normalized spacial score (nSPS) is 11.4. The summed E-state index contributed by atoms with van der Waals surface area (Å²) in [4.78, 5) is 0. The Morgan fingerprint density at radius 1 is 0.429 bits per heavy atom. The largest absolute Gasteiger partial charge is 0.508 e. The van der Waals surface area contributed by atoms with Gasteiger partial charge in [0.2, 0.25) is 0 Å². The van der Waals surface area contributed by atoms with Crippen molar-refractivity contribution in [2.75, 3.05) is 0 Å². The quantitative estimate of drug-likeness (QED) is 0.174. The molecule has 2 aromatic carbocycles. The maximum atomic E-state index is 9.65. The van der Waals surface area contributed by atoms with Crippen LogP contribution in [0.4, 0.5) is 0 Å². The Morgan fingerprint density at radius 3 is 1.03 bits per heavy atom. The van der Waals surface area contributed by atoms with Crippen LogP contribution < -0.4 is 0 Å². The van der Waals surface area contributed by atoms with Crippen LogP contribution in [0.25, 0.3) is 0 Å². The highest BCUT2D eigenvalue weighted by Crippen LogP contribution is 2.32. The van der Waals surface area contributed by atoms with Crippen LogP contribution in [-0.2, 0) is 0 Å². The molecule has 0 fully saturated rings. The van der Waals surface area contributed by atoms with Gasteiger partial charge in [-0.1, -0.05) is 147 Å². The first-order valence-electron chi connectivity index (χ1n) is 14.8. The van der Waals surface area contributed by atoms with Crippen LogP contribution in [0.5, 0.6) is 11.5 Å². The summed E-state index contributed by atoms with van der Waals surface area (Å²) < 4.78 is 0. The third-order valence-corrected chi connectivity index (χ3v) is 7.44. The van der Waals surface area contributed by atoms with Crippen molar-refractivity contribution in [3.63, 3.8) is 0 Å². The molecule has 0 amide bonds. The molecule has 0 heterocycles. The zero-order chi connectivity index (χ0) is 25.0. The molecule has 0 radical (unpaired) electrons. The van der Waals surface area contributed by atoms with Crippen LogP contribution in [0.15, 0.2) is 48.5 Å². The molecular weight excluding hydrogens is 428 g/mol. The first-order valence-corrected chi connectivity index (χ1v) is 14.8. The molecule has 2 heteroatoms. The minimum atomic E-state index is 0.311. The molecule has 0 unspecified atom stereocenters. The van der Waals surface area contributed by atoms with E-state index in [1.54, 1.807) is 24.3 Å². The molecule has 196 valence electrons. The molecule has 0 aromatic heterocycles. The molecule has 0 spiro atoms. The highest BCUT2D eigenvalue weighted by Gasteiger charge is 2.14. The van der Waals surface area contributed by atoms with Gasteiger partial charge in [-0.2, -0.15) is 0 Å². The molecular formula is C33H52O2. The fourth-order valence-electron chi connectivity index (χ4n) is 5.19. The first-order chi connectivity index (χ1) is 17.2. The van der Waals surface area contributed by atoms with Crippen molar-refractivity contribution in [1.82, 2.24) is 0 Å². The number of rotatable bonds is 21. The standard InChI is InChI=1S/C33H52O2/c1-2-3-4-5-6-7-8-9-10-11-12-13-14-15-16-17-18-19-20-33(29-21-25-31(34)26-22-29)30-23-27-32(35)28-24-30/h21-28,33-35H,2-20H2,1H3. The Labute approximate surface area is 216 Å². The van der Waals surface area contributed by atoms with Gasteiger partial charge in [0.1, 0.15) is 11.5 Å². The molecule has 2 N–H and O–H groups in total. The van der Waals surface area contributed by atoms with Gasteiger partial charge in [-0.3, -0.25) is 0 Å². The fraction of sp³-hybridized carbons (Fsp3) is 0.636. The zero-order valence-electron chi connectivity index (χ0n) is 22.5. The van der Waals surface area contributed by atoms with Gasteiger partial charge in [0.15, 0.2) is 0 Å². The summed E-state index contributed by atoms with van der Waals surface area (Å²) in [5.41, 5.74) is 2.47. The van der Waals surface area contributed by atoms with E-state index in [1.165, 1.54) is 127 Å². The smallest absolute Gasteiger partial charge is 0.115 e. The Balaban J connectivity index is 1.48. The van der Waals surface area contributed by atoms with Crippen LogP contribution in [-0.4, -0.2) is 10.2 Å². The van der Waals surface area contributed by atoms with Crippen LogP contribution >= 0.6 is 0 Å². The first kappa shape index (κ1) is 29.3. The van der Waals surface area contributed by atoms with Crippen molar-refractivity contribution in [1.29, 1.82) is 0 Å². The van der Waals surface area contributed by atoms with E-state index < -0.39 is 0 Å². The maximum Gasteiger partial charge on any atom is 0.115 e. The number of phenols is 2. The lowest BCUT2D eigenvalue weighted by Gasteiger charge is -2.18. The second-order valence-corrected chi connectivity index (χ2v) is 10.5. The van der Waals surface area contributed by atoms with Gasteiger partial charge in [-0.15, -0.1) is 0 Å². The Bertz CT molecular complexity index is 689. The third-order valence-electron chi connectivity index (χ3n) is 7.44. The third kappa shape index (κ3) is 13.6. The van der Waals surface area contributed by atoms with Gasteiger partial charge in [-0.05, 0) is 41.8 Å². The van der Waals surface area contributed by atoms with E-state index in [-0.39, 0.29) is 0 Å². The number of hydrogen-bond donors (Lipinski definition) is 2. The molecule has 0 saturated heterocycles. The minimum Gasteiger partial charge on any atom is -0.508 e. The van der Waals surface area contributed by atoms with Crippen molar-refractivity contribution < 1.29 is 10.2 Å². The second-order valence-electron chi connectivity index (χ2n) is 10.5. The lowest BCUT2D eigenvalue weighted by molar-refractivity contribution is 0.474. The monoisotopic (exact) mass is 480 g/mol. The molecule has 2 aromatic rings. The summed E-state index contributed by atoms with van der Waals surface area (Å²) in [6.07, 6.45) is 26.3. The van der Waals surface area contributed by atoms with Crippen LogP contribution in [0, 0.1) is 0 Å². The minimum absolute atomic E-state index is 0.311. The summed E-state index contributed by atoms with van der Waals surface area (Å²) in [5.74, 6) is 0.940. The molecule has 2 rings (SSSR count). The van der Waals surface area contributed by atoms with Gasteiger partial charge in [-0.25, -0.2) is 0 Å². The summed E-state index contributed by atoms with van der Waals surface area (Å²) in [5, 5.41) is 19.3. The number of aromatic hydroxyl groups is 2. The summed E-state index contributed by atoms with van der Waals surface area (Å²) in [7, 11) is 0. The van der Waals surface area contributed by atoms with Crippen molar-refractivity contribution in [3.05, 3.63) is 59.7 Å². The van der Waals surface area contributed by atoms with Crippen LogP contribution in [0.3, 0.4) is 0 Å². The highest BCUT2D eigenvalue weighted by atomic mass is 16.3. The summed E-state index contributed by atoms with van der Waals surface area (Å²) >= 11 is 0. The van der Waals surface area contributed by atoms with E-state index in [4.69, 9.17) is 0 Å². The van der Waals surface area contributed by atoms with Crippen LogP contribution in [0.1, 0.15) is 146 Å². The summed E-state index contributed by atoms with van der Waals surface area (Å²) in [6, 6.07) is 15.2. The van der Waals surface area contributed by atoms with E-state index in [9.17, 15) is 10.2 Å². The van der Waals surface area contributed by atoms with E-state index >= 15 is 0 Å². The number of phenolic OH excluding ortho intramolecular Hbond substituents is 2. The number of unbranched alkanes of at least 4 members (excludes halogenated alkanes) is 17. The van der Waals surface area contributed by atoms with Gasteiger partial charge >= 0.3 is 0 Å². The molecule has 0 bridgehead atoms. The average Bonchev–Trinajstić information content (AvgIpc) is 2.87. The Kier molecular flexibility index (Phi) is 16.1. The van der Waals surface area contributed by atoms with Gasteiger partial charge in [0.25, 0.3) is 0 Å². The molecule has 0 saturated carbocycles. The van der Waals surface area contributed by atoms with Crippen molar-refractivity contribution >= 4 is 0 Å². The van der Waals surface area contributed by atoms with Crippen LogP contribution in [0.2, 0.25) is 0 Å². The van der Waals surface area contributed by atoms with E-state index in [0.717, 1.165) is 6.42 Å². The molecule has 0 aliphatic rings. The molecule has 0 aliphatic carbocycles. The van der Waals surface area contributed by atoms with E-state index in [2.05, 4.69) is 6.92 Å². The molecule has 0 aliphatic heterocycles. The van der Waals surface area contributed by atoms with E-state index in [1.807, 2.05) is 24.3 Å². The Morgan fingerprint density at radius 2 is 0.714 bits per heavy atom. The Hall–Kier alpha value is -1.96. The van der Waals surface area contributed by atoms with Gasteiger partial charge < -0.3 is 10.2 Å². The topological polar surface area (TPSA) is 40.5 Å². The van der Waals surface area contributed by atoms with Crippen molar-refractivity contribution in [2.45, 2.75) is 135 Å². The maximum absolute atomic E-state index is 9.65. The molecule has 2 nitrogen and oxygen atoms in total. The number of benzene rings is 2. The fourth-order valence-corrected chi connectivity index (χ4v) is 5.19. The molecule has 35 heavy (non-hydrogen) atoms. The van der Waals surface area contributed by atoms with Crippen molar-refractivity contribution in [3.8, 4) is 11.5 Å². The number of hydrogen-bond acceptors (Lipinski definition) is 2. The average molecular weight is 481 g/mol. The predicted octanol–water partition coefficient (Wildman–Crippen LogP) is 10.7. The summed E-state index contributed by atoms with van der Waals surface area (Å²) in [6.45, 7) is 2.29.